The minimum atomic E-state index is -0.998. The summed E-state index contributed by atoms with van der Waals surface area (Å²) in [7, 11) is 0. The lowest BCUT2D eigenvalue weighted by Crippen LogP contribution is -2.05. The number of carbonyl (C=O) groups excluding carboxylic acids is 1. The summed E-state index contributed by atoms with van der Waals surface area (Å²) >= 11 is 5.79. The molecule has 2 aromatic rings. The normalized spacial score (nSPS) is 15.9. The number of nitrogens with zero attached hydrogens (tertiary/aromatic N) is 1. The average Bonchev–Trinajstić information content (AvgIpc) is 2.85. The van der Waals surface area contributed by atoms with Crippen molar-refractivity contribution in [2.24, 2.45) is 4.99 Å². The molecule has 22 heavy (non-hydrogen) atoms. The molecule has 1 heterocycles. The molecule has 110 valence electrons. The lowest BCUT2D eigenvalue weighted by atomic mass is 10.2. The Balaban J connectivity index is 1.93. The van der Waals surface area contributed by atoms with E-state index in [1.807, 2.05) is 0 Å². The maximum absolute atomic E-state index is 13.2. The number of esters is 1. The standard InChI is InChI=1S/C16H8ClF2NO2/c17-11-4-2-10(3-5-11)15-20-14(16(21)22-15)8-9-1-6-12(18)13(19)7-9/h1-8H/b14-8-. The molecule has 0 saturated heterocycles. The molecule has 1 aliphatic heterocycles. The van der Waals surface area contributed by atoms with Crippen molar-refractivity contribution in [2.75, 3.05) is 0 Å². The van der Waals surface area contributed by atoms with Crippen molar-refractivity contribution in [1.82, 2.24) is 0 Å². The molecular formula is C16H8ClF2NO2. The van der Waals surface area contributed by atoms with E-state index >= 15 is 0 Å². The molecule has 0 N–H and O–H groups in total. The van der Waals surface area contributed by atoms with Crippen molar-refractivity contribution < 1.29 is 18.3 Å². The summed E-state index contributed by atoms with van der Waals surface area (Å²) in [5.74, 6) is -2.48. The summed E-state index contributed by atoms with van der Waals surface area (Å²) < 4.78 is 31.1. The first-order valence-corrected chi connectivity index (χ1v) is 6.64. The van der Waals surface area contributed by atoms with Gasteiger partial charge in [-0.2, -0.15) is 0 Å². The van der Waals surface area contributed by atoms with Gasteiger partial charge in [-0.3, -0.25) is 0 Å². The number of hydrogen-bond donors (Lipinski definition) is 0. The van der Waals surface area contributed by atoms with Crippen LogP contribution in [-0.4, -0.2) is 11.9 Å². The Morgan fingerprint density at radius 1 is 1.05 bits per heavy atom. The largest absolute Gasteiger partial charge is 0.402 e. The van der Waals surface area contributed by atoms with Crippen LogP contribution in [-0.2, 0) is 9.53 Å². The van der Waals surface area contributed by atoms with Gasteiger partial charge < -0.3 is 4.74 Å². The third-order valence-electron chi connectivity index (χ3n) is 2.96. The Morgan fingerprint density at radius 3 is 2.45 bits per heavy atom. The number of ether oxygens (including phenoxy) is 1. The zero-order valence-corrected chi connectivity index (χ0v) is 11.8. The number of carbonyl (C=O) groups is 1. The summed E-state index contributed by atoms with van der Waals surface area (Å²) in [4.78, 5) is 15.8. The lowest BCUT2D eigenvalue weighted by Gasteiger charge is -1.98. The number of aliphatic imine (C=N–C) groups is 1. The van der Waals surface area contributed by atoms with Crippen molar-refractivity contribution in [2.45, 2.75) is 0 Å². The molecule has 0 fully saturated rings. The van der Waals surface area contributed by atoms with E-state index in [1.54, 1.807) is 24.3 Å². The number of halogens is 3. The molecule has 0 spiro atoms. The van der Waals surface area contributed by atoms with E-state index in [9.17, 15) is 13.6 Å². The second-order valence-corrected chi connectivity index (χ2v) is 4.95. The second kappa shape index (κ2) is 5.69. The maximum atomic E-state index is 13.2. The summed E-state index contributed by atoms with van der Waals surface area (Å²) in [5.41, 5.74) is 0.911. The van der Waals surface area contributed by atoms with Gasteiger partial charge in [0.05, 0.1) is 0 Å². The number of rotatable bonds is 2. The zero-order valence-electron chi connectivity index (χ0n) is 11.0. The molecule has 3 rings (SSSR count). The summed E-state index contributed by atoms with van der Waals surface area (Å²) in [6.45, 7) is 0. The SMILES string of the molecule is O=C1OC(c2ccc(Cl)cc2)=N/C1=C\c1ccc(F)c(F)c1. The van der Waals surface area contributed by atoms with Gasteiger partial charge in [-0.05, 0) is 48.0 Å². The van der Waals surface area contributed by atoms with E-state index in [0.717, 1.165) is 12.1 Å². The highest BCUT2D eigenvalue weighted by molar-refractivity contribution is 6.30. The lowest BCUT2D eigenvalue weighted by molar-refractivity contribution is -0.129. The first-order chi connectivity index (χ1) is 10.5. The van der Waals surface area contributed by atoms with Gasteiger partial charge in [0.1, 0.15) is 0 Å². The topological polar surface area (TPSA) is 38.7 Å². The zero-order chi connectivity index (χ0) is 15.7. The van der Waals surface area contributed by atoms with Crippen LogP contribution < -0.4 is 0 Å². The third-order valence-corrected chi connectivity index (χ3v) is 3.21. The van der Waals surface area contributed by atoms with Gasteiger partial charge in [0, 0.05) is 10.6 Å². The van der Waals surface area contributed by atoms with E-state index in [1.165, 1.54) is 12.1 Å². The van der Waals surface area contributed by atoms with Crippen LogP contribution in [0.15, 0.2) is 53.2 Å². The molecule has 0 amide bonds. The van der Waals surface area contributed by atoms with E-state index in [2.05, 4.69) is 4.99 Å². The summed E-state index contributed by atoms with van der Waals surface area (Å²) in [6, 6.07) is 9.91. The van der Waals surface area contributed by atoms with Crippen molar-refractivity contribution in [3.8, 4) is 0 Å². The van der Waals surface area contributed by atoms with Crippen LogP contribution in [0.1, 0.15) is 11.1 Å². The van der Waals surface area contributed by atoms with Gasteiger partial charge in [-0.1, -0.05) is 17.7 Å². The van der Waals surface area contributed by atoms with Crippen LogP contribution in [0.4, 0.5) is 8.78 Å². The van der Waals surface area contributed by atoms with E-state index in [-0.39, 0.29) is 11.6 Å². The van der Waals surface area contributed by atoms with Crippen LogP contribution >= 0.6 is 11.6 Å². The Hall–Kier alpha value is -2.53. The molecule has 0 aromatic heterocycles. The molecule has 0 bridgehead atoms. The quantitative estimate of drug-likeness (QED) is 0.620. The fourth-order valence-electron chi connectivity index (χ4n) is 1.89. The molecule has 6 heteroatoms. The van der Waals surface area contributed by atoms with Crippen molar-refractivity contribution in [1.29, 1.82) is 0 Å². The van der Waals surface area contributed by atoms with E-state index in [0.29, 0.717) is 16.1 Å². The molecule has 0 radical (unpaired) electrons. The molecule has 0 unspecified atom stereocenters. The van der Waals surface area contributed by atoms with Gasteiger partial charge in [0.2, 0.25) is 5.90 Å². The molecule has 1 aliphatic rings. The molecule has 2 aromatic carbocycles. The molecular weight excluding hydrogens is 312 g/mol. The fourth-order valence-corrected chi connectivity index (χ4v) is 2.01. The smallest absolute Gasteiger partial charge is 0.363 e. The third kappa shape index (κ3) is 2.89. The highest BCUT2D eigenvalue weighted by atomic mass is 35.5. The van der Waals surface area contributed by atoms with Crippen molar-refractivity contribution in [3.05, 3.63) is 75.9 Å². The van der Waals surface area contributed by atoms with Crippen molar-refractivity contribution >= 4 is 29.5 Å². The summed E-state index contributed by atoms with van der Waals surface area (Å²) in [6.07, 6.45) is 1.33. The maximum Gasteiger partial charge on any atom is 0.363 e. The molecule has 3 nitrogen and oxygen atoms in total. The Bertz CT molecular complexity index is 813. The Morgan fingerprint density at radius 2 is 1.77 bits per heavy atom. The number of cyclic esters (lactones) is 1. The van der Waals surface area contributed by atoms with Crippen LogP contribution in [0.5, 0.6) is 0 Å². The van der Waals surface area contributed by atoms with E-state index < -0.39 is 17.6 Å². The fraction of sp³-hybridized carbons (Fsp3) is 0. The molecule has 0 saturated carbocycles. The highest BCUT2D eigenvalue weighted by Gasteiger charge is 2.24. The van der Waals surface area contributed by atoms with Crippen LogP contribution in [0, 0.1) is 11.6 Å². The Labute approximate surface area is 129 Å². The van der Waals surface area contributed by atoms with Crippen LogP contribution in [0.3, 0.4) is 0 Å². The highest BCUT2D eigenvalue weighted by Crippen LogP contribution is 2.21. The average molecular weight is 320 g/mol. The summed E-state index contributed by atoms with van der Waals surface area (Å²) in [5, 5.41) is 0.547. The van der Waals surface area contributed by atoms with Gasteiger partial charge in [0.25, 0.3) is 0 Å². The monoisotopic (exact) mass is 319 g/mol. The first kappa shape index (κ1) is 14.4. The predicted octanol–water partition coefficient (Wildman–Crippen LogP) is 3.96. The first-order valence-electron chi connectivity index (χ1n) is 6.26. The molecule has 0 aliphatic carbocycles. The Kier molecular flexibility index (Phi) is 3.73. The minimum Gasteiger partial charge on any atom is -0.402 e. The van der Waals surface area contributed by atoms with Crippen LogP contribution in [0.25, 0.3) is 6.08 Å². The van der Waals surface area contributed by atoms with Gasteiger partial charge in [0.15, 0.2) is 17.3 Å². The number of benzene rings is 2. The van der Waals surface area contributed by atoms with Gasteiger partial charge in [-0.15, -0.1) is 0 Å². The van der Waals surface area contributed by atoms with Gasteiger partial charge >= 0.3 is 5.97 Å². The van der Waals surface area contributed by atoms with Gasteiger partial charge in [-0.25, -0.2) is 18.6 Å². The van der Waals surface area contributed by atoms with Crippen LogP contribution in [0.2, 0.25) is 5.02 Å². The van der Waals surface area contributed by atoms with Crippen molar-refractivity contribution in [3.63, 3.8) is 0 Å². The molecule has 0 atom stereocenters. The predicted molar refractivity (Wildman–Crippen MR) is 78.4 cm³/mol. The van der Waals surface area contributed by atoms with E-state index in [4.69, 9.17) is 16.3 Å². The second-order valence-electron chi connectivity index (χ2n) is 4.52. The minimum absolute atomic E-state index is 0.0101. The number of hydrogen-bond acceptors (Lipinski definition) is 3.